The van der Waals surface area contributed by atoms with Crippen molar-refractivity contribution < 1.29 is 26.5 Å². The van der Waals surface area contributed by atoms with E-state index in [0.717, 1.165) is 48.3 Å². The van der Waals surface area contributed by atoms with E-state index in [1.807, 2.05) is 48.5 Å². The van der Waals surface area contributed by atoms with E-state index in [0.29, 0.717) is 46.1 Å². The van der Waals surface area contributed by atoms with Gasteiger partial charge < -0.3 is 26.5 Å². The van der Waals surface area contributed by atoms with Crippen LogP contribution in [0.5, 0.6) is 0 Å². The molecule has 0 atom stereocenters. The highest BCUT2D eigenvalue weighted by atomic mass is 16.4. The number of aryl methyl sites for hydroxylation is 2. The zero-order valence-corrected chi connectivity index (χ0v) is 24.4. The second kappa shape index (κ2) is 13.1. The van der Waals surface area contributed by atoms with Crippen molar-refractivity contribution in [3.05, 3.63) is 84.3 Å². The zero-order chi connectivity index (χ0) is 28.7. The van der Waals surface area contributed by atoms with E-state index < -0.39 is 0 Å². The maximum atomic E-state index is 6.59. The van der Waals surface area contributed by atoms with Gasteiger partial charge in [0.15, 0.2) is 57.6 Å². The van der Waals surface area contributed by atoms with Crippen molar-refractivity contribution in [2.45, 2.75) is 78.1 Å². The third-order valence-electron chi connectivity index (χ3n) is 7.65. The Bertz CT molecular complexity index is 1530. The Kier molecular flexibility index (Phi) is 8.69. The minimum atomic E-state index is 0.660. The Morgan fingerprint density at radius 3 is 1.24 bits per heavy atom. The van der Waals surface area contributed by atoms with E-state index in [1.54, 1.807) is 12.5 Å². The van der Waals surface area contributed by atoms with Gasteiger partial charge >= 0.3 is 0 Å². The summed E-state index contributed by atoms with van der Waals surface area (Å²) < 4.78 is 36.6. The van der Waals surface area contributed by atoms with Gasteiger partial charge in [-0.1, -0.05) is 52.4 Å². The number of hydrogen-bond acceptors (Lipinski definition) is 6. The molecule has 6 aromatic rings. The van der Waals surface area contributed by atoms with Crippen LogP contribution in [0.3, 0.4) is 0 Å². The summed E-state index contributed by atoms with van der Waals surface area (Å²) in [6, 6.07) is 19.4. The van der Waals surface area contributed by atoms with Crippen molar-refractivity contribution in [1.82, 2.24) is 0 Å². The summed E-state index contributed by atoms with van der Waals surface area (Å²) in [5, 5.41) is 0. The average molecular weight is 567 g/mol. The van der Waals surface area contributed by atoms with E-state index in [1.165, 1.54) is 38.5 Å². The highest BCUT2D eigenvalue weighted by Gasteiger charge is 2.24. The molecule has 6 heteroatoms. The van der Waals surface area contributed by atoms with Crippen LogP contribution in [0.15, 0.2) is 99.7 Å². The van der Waals surface area contributed by atoms with E-state index in [2.05, 4.69) is 26.0 Å². The lowest BCUT2D eigenvalue weighted by Crippen LogP contribution is -1.90. The first-order chi connectivity index (χ1) is 20.7. The highest BCUT2D eigenvalue weighted by molar-refractivity contribution is 5.70. The van der Waals surface area contributed by atoms with Crippen molar-refractivity contribution in [2.24, 2.45) is 0 Å². The summed E-state index contributed by atoms with van der Waals surface area (Å²) in [5.41, 5.74) is 2.26. The van der Waals surface area contributed by atoms with Crippen LogP contribution in [0.2, 0.25) is 0 Å². The fourth-order valence-electron chi connectivity index (χ4n) is 5.38. The molecule has 0 radical (unpaired) electrons. The van der Waals surface area contributed by atoms with Crippen molar-refractivity contribution in [3.63, 3.8) is 0 Å². The summed E-state index contributed by atoms with van der Waals surface area (Å²) >= 11 is 0. The molecule has 6 heterocycles. The Hall–Kier alpha value is -4.32. The molecular formula is C36H38O6. The van der Waals surface area contributed by atoms with Gasteiger partial charge in [-0.3, -0.25) is 0 Å². The van der Waals surface area contributed by atoms with Gasteiger partial charge in [0.1, 0.15) is 0 Å². The van der Waals surface area contributed by atoms with Gasteiger partial charge in [0, 0.05) is 11.1 Å². The Labute approximate surface area is 246 Å². The van der Waals surface area contributed by atoms with Crippen molar-refractivity contribution in [2.75, 3.05) is 0 Å². The number of furan rings is 6. The first kappa shape index (κ1) is 27.8. The molecule has 0 bridgehead atoms. The summed E-state index contributed by atoms with van der Waals surface area (Å²) in [5.74, 6) is 6.93. The first-order valence-corrected chi connectivity index (χ1v) is 15.3. The lowest BCUT2D eigenvalue weighted by molar-refractivity contribution is 0.491. The average Bonchev–Trinajstić information content (AvgIpc) is 3.83. The minimum Gasteiger partial charge on any atom is -0.461 e. The Balaban J connectivity index is 1.37. The van der Waals surface area contributed by atoms with Crippen LogP contribution >= 0.6 is 0 Å². The van der Waals surface area contributed by atoms with E-state index in [9.17, 15) is 0 Å². The first-order valence-electron chi connectivity index (χ1n) is 15.3. The summed E-state index contributed by atoms with van der Waals surface area (Å²) in [6.45, 7) is 4.46. The van der Waals surface area contributed by atoms with Crippen LogP contribution < -0.4 is 0 Å². The topological polar surface area (TPSA) is 78.8 Å². The SMILES string of the molecule is CCCCCCc1cc(-c2ccc(-c3ccco3)o2)oc1-c1oc(-c2ccc(-c3ccco3)o2)cc1CCCCCC. The van der Waals surface area contributed by atoms with Crippen LogP contribution in [0.1, 0.15) is 76.3 Å². The van der Waals surface area contributed by atoms with E-state index in [4.69, 9.17) is 26.5 Å². The second-order valence-corrected chi connectivity index (χ2v) is 10.8. The molecule has 0 aliphatic heterocycles. The molecule has 42 heavy (non-hydrogen) atoms. The second-order valence-electron chi connectivity index (χ2n) is 10.8. The fourth-order valence-corrected chi connectivity index (χ4v) is 5.38. The molecule has 218 valence electrons. The standard InChI is InChI=1S/C36H38O6/c1-3-5-7-9-13-25-23-33(31-19-17-29(39-31)27-15-11-21-37-27)41-35(25)36-26(14-10-8-6-4-2)24-34(42-36)32-20-18-30(40-32)28-16-12-22-38-28/h11-12,15-24H,3-10,13-14H2,1-2H3. The lowest BCUT2D eigenvalue weighted by atomic mass is 10.0. The highest BCUT2D eigenvalue weighted by Crippen LogP contribution is 2.41. The number of unbranched alkanes of at least 4 members (excludes halogenated alkanes) is 6. The number of rotatable bonds is 15. The maximum Gasteiger partial charge on any atom is 0.173 e. The summed E-state index contributed by atoms with van der Waals surface area (Å²) in [6.07, 6.45) is 14.4. The maximum absolute atomic E-state index is 6.59. The van der Waals surface area contributed by atoms with Crippen molar-refractivity contribution in [1.29, 1.82) is 0 Å². The molecule has 0 spiro atoms. The van der Waals surface area contributed by atoms with Crippen molar-refractivity contribution >= 4 is 0 Å². The molecule has 6 aromatic heterocycles. The Morgan fingerprint density at radius 2 is 0.857 bits per heavy atom. The summed E-state index contributed by atoms with van der Waals surface area (Å²) in [7, 11) is 0. The van der Waals surface area contributed by atoms with Crippen LogP contribution in [-0.2, 0) is 12.8 Å². The van der Waals surface area contributed by atoms with Gasteiger partial charge in [0.05, 0.1) is 12.5 Å². The van der Waals surface area contributed by atoms with Gasteiger partial charge in [0.25, 0.3) is 0 Å². The van der Waals surface area contributed by atoms with Gasteiger partial charge in [-0.15, -0.1) is 0 Å². The molecule has 0 aliphatic rings. The molecule has 0 saturated heterocycles. The molecule has 0 fully saturated rings. The Morgan fingerprint density at radius 1 is 0.429 bits per heavy atom. The van der Waals surface area contributed by atoms with Crippen LogP contribution in [0.25, 0.3) is 57.6 Å². The lowest BCUT2D eigenvalue weighted by Gasteiger charge is -2.04. The molecule has 0 amide bonds. The van der Waals surface area contributed by atoms with Gasteiger partial charge in [-0.05, 0) is 86.3 Å². The monoisotopic (exact) mass is 566 g/mol. The molecule has 0 aliphatic carbocycles. The van der Waals surface area contributed by atoms with Gasteiger partial charge in [-0.2, -0.15) is 0 Å². The molecular weight excluding hydrogens is 528 g/mol. The third kappa shape index (κ3) is 6.13. The predicted molar refractivity (Wildman–Crippen MR) is 163 cm³/mol. The van der Waals surface area contributed by atoms with Crippen LogP contribution in [0, 0.1) is 0 Å². The normalized spacial score (nSPS) is 11.6. The van der Waals surface area contributed by atoms with Crippen molar-refractivity contribution in [3.8, 4) is 57.6 Å². The minimum absolute atomic E-state index is 0.660. The fraction of sp³-hybridized carbons (Fsp3) is 0.333. The molecule has 0 unspecified atom stereocenters. The number of hydrogen-bond donors (Lipinski definition) is 0. The smallest absolute Gasteiger partial charge is 0.173 e. The molecule has 0 aromatic carbocycles. The largest absolute Gasteiger partial charge is 0.461 e. The third-order valence-corrected chi connectivity index (χ3v) is 7.65. The molecule has 6 nitrogen and oxygen atoms in total. The van der Waals surface area contributed by atoms with Crippen LogP contribution in [-0.4, -0.2) is 0 Å². The molecule has 0 N–H and O–H groups in total. The van der Waals surface area contributed by atoms with Gasteiger partial charge in [0.2, 0.25) is 0 Å². The quantitative estimate of drug-likeness (QED) is 0.115. The predicted octanol–water partition coefficient (Wildman–Crippen LogP) is 11.8. The molecule has 0 saturated carbocycles. The molecule has 6 rings (SSSR count). The van der Waals surface area contributed by atoms with E-state index >= 15 is 0 Å². The van der Waals surface area contributed by atoms with Crippen LogP contribution in [0.4, 0.5) is 0 Å². The van der Waals surface area contributed by atoms with Gasteiger partial charge in [-0.25, -0.2) is 0 Å². The summed E-state index contributed by atoms with van der Waals surface area (Å²) in [4.78, 5) is 0. The van der Waals surface area contributed by atoms with E-state index in [-0.39, 0.29) is 0 Å². The zero-order valence-electron chi connectivity index (χ0n) is 24.4.